The van der Waals surface area contributed by atoms with E-state index in [0.717, 1.165) is 38.3 Å². The lowest BCUT2D eigenvalue weighted by Crippen LogP contribution is -2.37. The number of aliphatic hydroxyl groups excluding tert-OH is 1. The zero-order valence-electron chi connectivity index (χ0n) is 10.2. The molecule has 2 rings (SSSR count). The number of nitrogens with zero attached hydrogens (tertiary/aromatic N) is 4. The Hall–Kier alpha value is -0.980. The first-order chi connectivity index (χ1) is 8.29. The molecule has 0 spiro atoms. The lowest BCUT2D eigenvalue weighted by atomic mass is 10.1. The molecule has 0 unspecified atom stereocenters. The Morgan fingerprint density at radius 3 is 2.82 bits per heavy atom. The highest BCUT2D eigenvalue weighted by Crippen LogP contribution is 2.15. The van der Waals surface area contributed by atoms with Crippen LogP contribution in [0.5, 0.6) is 0 Å². The average molecular weight is 240 g/mol. The molecule has 1 aliphatic heterocycles. The van der Waals surface area contributed by atoms with E-state index in [-0.39, 0.29) is 6.61 Å². The maximum Gasteiger partial charge on any atom is 0.140 e. The quantitative estimate of drug-likeness (QED) is 0.771. The van der Waals surface area contributed by atoms with Crippen molar-refractivity contribution in [2.24, 2.45) is 7.05 Å². The van der Waals surface area contributed by atoms with Crippen molar-refractivity contribution in [1.82, 2.24) is 19.7 Å². The molecule has 96 valence electrons. The summed E-state index contributed by atoms with van der Waals surface area (Å²) in [5.41, 5.74) is 0. The van der Waals surface area contributed by atoms with Crippen LogP contribution in [0.3, 0.4) is 0 Å². The third-order valence-corrected chi connectivity index (χ3v) is 3.15. The lowest BCUT2D eigenvalue weighted by Gasteiger charge is -2.31. The largest absolute Gasteiger partial charge is 0.394 e. The van der Waals surface area contributed by atoms with Gasteiger partial charge in [-0.1, -0.05) is 0 Å². The van der Waals surface area contributed by atoms with Crippen LogP contribution in [0.15, 0.2) is 6.33 Å². The molecular weight excluding hydrogens is 220 g/mol. The molecule has 1 N–H and O–H groups in total. The second-order valence-corrected chi connectivity index (χ2v) is 4.37. The maximum atomic E-state index is 8.70. The lowest BCUT2D eigenvalue weighted by molar-refractivity contribution is -0.00952. The van der Waals surface area contributed by atoms with Gasteiger partial charge in [0.1, 0.15) is 12.2 Å². The Morgan fingerprint density at radius 1 is 1.47 bits per heavy atom. The second-order valence-electron chi connectivity index (χ2n) is 4.37. The van der Waals surface area contributed by atoms with Crippen LogP contribution < -0.4 is 0 Å². The van der Waals surface area contributed by atoms with E-state index in [2.05, 4.69) is 15.0 Å². The van der Waals surface area contributed by atoms with Gasteiger partial charge in [-0.25, -0.2) is 4.98 Å². The highest BCUT2D eigenvalue weighted by atomic mass is 16.5. The van der Waals surface area contributed by atoms with Crippen LogP contribution in [0.1, 0.15) is 18.7 Å². The molecule has 0 aromatic carbocycles. The minimum atomic E-state index is 0.110. The monoisotopic (exact) mass is 240 g/mol. The van der Waals surface area contributed by atoms with Gasteiger partial charge >= 0.3 is 0 Å². The van der Waals surface area contributed by atoms with E-state index in [4.69, 9.17) is 9.84 Å². The van der Waals surface area contributed by atoms with E-state index in [1.54, 1.807) is 6.33 Å². The third kappa shape index (κ3) is 3.49. The van der Waals surface area contributed by atoms with Crippen molar-refractivity contribution >= 4 is 0 Å². The van der Waals surface area contributed by atoms with Gasteiger partial charge in [-0.3, -0.25) is 9.58 Å². The minimum Gasteiger partial charge on any atom is -0.394 e. The van der Waals surface area contributed by atoms with Crippen molar-refractivity contribution in [3.05, 3.63) is 12.2 Å². The van der Waals surface area contributed by atoms with E-state index in [1.165, 1.54) is 0 Å². The number of hydrogen-bond donors (Lipinski definition) is 1. The van der Waals surface area contributed by atoms with Crippen molar-refractivity contribution in [1.29, 1.82) is 0 Å². The van der Waals surface area contributed by atoms with Gasteiger partial charge in [0.2, 0.25) is 0 Å². The molecule has 0 saturated carbocycles. The summed E-state index contributed by atoms with van der Waals surface area (Å²) >= 11 is 0. The van der Waals surface area contributed by atoms with Crippen LogP contribution in [0.4, 0.5) is 0 Å². The molecule has 0 aliphatic carbocycles. The number of likely N-dealkylation sites (tertiary alicyclic amines) is 1. The number of ether oxygens (including phenoxy) is 1. The summed E-state index contributed by atoms with van der Waals surface area (Å²) in [6, 6.07) is 0. The molecular formula is C11H20N4O2. The maximum absolute atomic E-state index is 8.70. The topological polar surface area (TPSA) is 63.4 Å². The van der Waals surface area contributed by atoms with Crippen molar-refractivity contribution in [2.45, 2.75) is 25.5 Å². The van der Waals surface area contributed by atoms with Crippen molar-refractivity contribution in [2.75, 3.05) is 26.3 Å². The van der Waals surface area contributed by atoms with Crippen LogP contribution in [0, 0.1) is 0 Å². The zero-order valence-corrected chi connectivity index (χ0v) is 10.2. The van der Waals surface area contributed by atoms with E-state index < -0.39 is 0 Å². The van der Waals surface area contributed by atoms with E-state index in [0.29, 0.717) is 12.7 Å². The number of aromatic nitrogens is 3. The van der Waals surface area contributed by atoms with Crippen molar-refractivity contribution in [3.63, 3.8) is 0 Å². The number of aliphatic hydroxyl groups is 1. The smallest absolute Gasteiger partial charge is 0.140 e. The Kier molecular flexibility index (Phi) is 4.47. The summed E-state index contributed by atoms with van der Waals surface area (Å²) < 4.78 is 7.34. The molecule has 6 heteroatoms. The molecule has 17 heavy (non-hydrogen) atoms. The third-order valence-electron chi connectivity index (χ3n) is 3.15. The predicted molar refractivity (Wildman–Crippen MR) is 62.3 cm³/mol. The highest BCUT2D eigenvalue weighted by molar-refractivity contribution is 4.85. The average Bonchev–Trinajstić information content (AvgIpc) is 2.74. The fourth-order valence-corrected chi connectivity index (χ4v) is 2.12. The van der Waals surface area contributed by atoms with Crippen LogP contribution in [0.2, 0.25) is 0 Å². The number of piperidine rings is 1. The first-order valence-corrected chi connectivity index (χ1v) is 6.07. The normalized spacial score (nSPS) is 18.7. The van der Waals surface area contributed by atoms with Gasteiger partial charge in [-0.15, -0.1) is 0 Å². The van der Waals surface area contributed by atoms with E-state index in [9.17, 15) is 0 Å². The van der Waals surface area contributed by atoms with Crippen LogP contribution in [-0.2, 0) is 18.3 Å². The van der Waals surface area contributed by atoms with Crippen LogP contribution >= 0.6 is 0 Å². The van der Waals surface area contributed by atoms with E-state index in [1.807, 2.05) is 11.7 Å². The summed E-state index contributed by atoms with van der Waals surface area (Å²) in [7, 11) is 1.92. The first kappa shape index (κ1) is 12.5. The minimum absolute atomic E-state index is 0.110. The summed E-state index contributed by atoms with van der Waals surface area (Å²) in [6.45, 7) is 3.45. The molecule has 0 amide bonds. The van der Waals surface area contributed by atoms with Gasteiger partial charge in [-0.2, -0.15) is 5.10 Å². The molecule has 0 atom stereocenters. The molecule has 1 aliphatic rings. The molecule has 1 saturated heterocycles. The van der Waals surface area contributed by atoms with Gasteiger partial charge in [0.05, 0.1) is 25.9 Å². The zero-order chi connectivity index (χ0) is 12.1. The summed E-state index contributed by atoms with van der Waals surface area (Å²) in [5, 5.41) is 12.8. The Labute approximate surface area is 101 Å². The SMILES string of the molecule is Cn1ncnc1CN1CCC(OCCO)CC1. The molecule has 1 aromatic heterocycles. The Morgan fingerprint density at radius 2 is 2.24 bits per heavy atom. The molecule has 0 radical (unpaired) electrons. The van der Waals surface area contributed by atoms with Crippen molar-refractivity contribution < 1.29 is 9.84 Å². The van der Waals surface area contributed by atoms with Gasteiger partial charge in [0.25, 0.3) is 0 Å². The number of aryl methyl sites for hydroxylation is 1. The molecule has 0 bridgehead atoms. The molecule has 1 aromatic rings. The molecule has 1 fully saturated rings. The Balaban J connectivity index is 1.74. The van der Waals surface area contributed by atoms with Crippen LogP contribution in [0.25, 0.3) is 0 Å². The van der Waals surface area contributed by atoms with Crippen molar-refractivity contribution in [3.8, 4) is 0 Å². The van der Waals surface area contributed by atoms with Crippen LogP contribution in [-0.4, -0.2) is 57.2 Å². The standard InChI is InChI=1S/C11H20N4O2/c1-14-11(12-9-13-14)8-15-4-2-10(3-5-15)17-7-6-16/h9-10,16H,2-8H2,1H3. The number of rotatable bonds is 5. The van der Waals surface area contributed by atoms with Gasteiger partial charge < -0.3 is 9.84 Å². The highest BCUT2D eigenvalue weighted by Gasteiger charge is 2.20. The summed E-state index contributed by atoms with van der Waals surface area (Å²) in [4.78, 5) is 6.59. The van der Waals surface area contributed by atoms with Gasteiger partial charge in [0.15, 0.2) is 0 Å². The second kappa shape index (κ2) is 6.09. The van der Waals surface area contributed by atoms with Gasteiger partial charge in [0, 0.05) is 20.1 Å². The first-order valence-electron chi connectivity index (χ1n) is 6.07. The summed E-state index contributed by atoms with van der Waals surface area (Å²) in [5.74, 6) is 1.000. The fraction of sp³-hybridized carbons (Fsp3) is 0.818. The molecule has 2 heterocycles. The molecule has 6 nitrogen and oxygen atoms in total. The Bertz CT molecular complexity index is 334. The predicted octanol–water partition coefficient (Wildman–Crippen LogP) is -0.212. The van der Waals surface area contributed by atoms with Gasteiger partial charge in [-0.05, 0) is 12.8 Å². The summed E-state index contributed by atoms with van der Waals surface area (Å²) in [6.07, 6.45) is 3.94. The van der Waals surface area contributed by atoms with E-state index >= 15 is 0 Å². The fourth-order valence-electron chi connectivity index (χ4n) is 2.12. The number of hydrogen-bond acceptors (Lipinski definition) is 5.